The highest BCUT2D eigenvalue weighted by Gasteiger charge is 2.30. The van der Waals surface area contributed by atoms with Gasteiger partial charge < -0.3 is 14.4 Å². The number of methoxy groups -OCH3 is 1. The molecular weight excluding hydrogens is 384 g/mol. The van der Waals surface area contributed by atoms with Crippen molar-refractivity contribution in [3.63, 3.8) is 0 Å². The minimum absolute atomic E-state index is 0.0245. The zero-order chi connectivity index (χ0) is 20.7. The van der Waals surface area contributed by atoms with Crippen molar-refractivity contribution < 1.29 is 27.5 Å². The van der Waals surface area contributed by atoms with Gasteiger partial charge >= 0.3 is 5.97 Å². The van der Waals surface area contributed by atoms with E-state index < -0.39 is 10.0 Å². The lowest BCUT2D eigenvalue weighted by Crippen LogP contribution is -2.43. The number of carbonyl (C=O) groups excluding carboxylic acids is 2. The Hall–Kier alpha value is -1.97. The second kappa shape index (κ2) is 9.99. The van der Waals surface area contributed by atoms with Gasteiger partial charge in [0.05, 0.1) is 24.0 Å². The zero-order valence-electron chi connectivity index (χ0n) is 16.6. The Morgan fingerprint density at radius 3 is 2.75 bits per heavy atom. The summed E-state index contributed by atoms with van der Waals surface area (Å²) in [7, 11) is -2.26. The SMILES string of the molecule is CCOC(=O)C1CCCN(C(=O)c2cc(S(=O)(=O)NCCOC)ccc2C)C1. The maximum Gasteiger partial charge on any atom is 0.310 e. The molecule has 0 aliphatic carbocycles. The van der Waals surface area contributed by atoms with Gasteiger partial charge in [0.25, 0.3) is 5.91 Å². The Morgan fingerprint density at radius 1 is 1.32 bits per heavy atom. The van der Waals surface area contributed by atoms with E-state index in [-0.39, 0.29) is 42.4 Å². The molecule has 156 valence electrons. The number of nitrogens with one attached hydrogen (secondary N) is 1. The van der Waals surface area contributed by atoms with Gasteiger partial charge in [-0.1, -0.05) is 6.07 Å². The molecule has 1 amide bonds. The third kappa shape index (κ3) is 5.52. The predicted molar refractivity (Wildman–Crippen MR) is 104 cm³/mol. The molecule has 0 radical (unpaired) electrons. The second-order valence-corrected chi connectivity index (χ2v) is 8.48. The lowest BCUT2D eigenvalue weighted by atomic mass is 9.97. The van der Waals surface area contributed by atoms with Gasteiger partial charge in [-0.3, -0.25) is 9.59 Å². The van der Waals surface area contributed by atoms with Gasteiger partial charge in [0.15, 0.2) is 0 Å². The van der Waals surface area contributed by atoms with Gasteiger partial charge in [-0.15, -0.1) is 0 Å². The van der Waals surface area contributed by atoms with Crippen molar-refractivity contribution in [2.75, 3.05) is 40.0 Å². The summed E-state index contributed by atoms with van der Waals surface area (Å²) in [6.07, 6.45) is 1.38. The number of rotatable bonds is 8. The largest absolute Gasteiger partial charge is 0.466 e. The molecule has 2 rings (SSSR count). The fourth-order valence-electron chi connectivity index (χ4n) is 3.14. The highest BCUT2D eigenvalue weighted by molar-refractivity contribution is 7.89. The average molecular weight is 413 g/mol. The first-order valence-electron chi connectivity index (χ1n) is 9.35. The second-order valence-electron chi connectivity index (χ2n) is 6.71. The first-order chi connectivity index (χ1) is 13.3. The maximum atomic E-state index is 13.0. The Labute approximate surface area is 166 Å². The number of hydrogen-bond donors (Lipinski definition) is 1. The highest BCUT2D eigenvalue weighted by Crippen LogP contribution is 2.23. The Morgan fingerprint density at radius 2 is 2.07 bits per heavy atom. The van der Waals surface area contributed by atoms with Gasteiger partial charge in [0.2, 0.25) is 10.0 Å². The van der Waals surface area contributed by atoms with Crippen LogP contribution >= 0.6 is 0 Å². The summed E-state index contributed by atoms with van der Waals surface area (Å²) < 4.78 is 37.2. The number of piperidine rings is 1. The monoisotopic (exact) mass is 412 g/mol. The summed E-state index contributed by atoms with van der Waals surface area (Å²) in [4.78, 5) is 26.7. The molecule has 1 saturated heterocycles. The van der Waals surface area contributed by atoms with Crippen LogP contribution in [0.2, 0.25) is 0 Å². The van der Waals surface area contributed by atoms with Crippen LogP contribution in [0.4, 0.5) is 0 Å². The number of aryl methyl sites for hydroxylation is 1. The number of ether oxygens (including phenoxy) is 2. The molecule has 1 atom stereocenters. The number of hydrogen-bond acceptors (Lipinski definition) is 6. The first-order valence-corrected chi connectivity index (χ1v) is 10.8. The maximum absolute atomic E-state index is 13.0. The third-order valence-corrected chi connectivity index (χ3v) is 6.14. The van der Waals surface area contributed by atoms with Gasteiger partial charge in [0, 0.05) is 32.3 Å². The fraction of sp³-hybridized carbons (Fsp3) is 0.579. The molecular formula is C19H28N2O6S. The number of carbonyl (C=O) groups is 2. The van der Waals surface area contributed by atoms with Crippen molar-refractivity contribution in [2.45, 2.75) is 31.6 Å². The number of amides is 1. The van der Waals surface area contributed by atoms with Crippen LogP contribution in [0.5, 0.6) is 0 Å². The van der Waals surface area contributed by atoms with Crippen LogP contribution in [0.1, 0.15) is 35.7 Å². The van der Waals surface area contributed by atoms with Crippen LogP contribution < -0.4 is 4.72 Å². The molecule has 0 spiro atoms. The molecule has 0 aromatic heterocycles. The average Bonchev–Trinajstić information content (AvgIpc) is 2.68. The van der Waals surface area contributed by atoms with Crippen molar-refractivity contribution in [1.29, 1.82) is 0 Å². The lowest BCUT2D eigenvalue weighted by molar-refractivity contribution is -0.149. The third-order valence-electron chi connectivity index (χ3n) is 4.68. The van der Waals surface area contributed by atoms with Crippen LogP contribution in [0.15, 0.2) is 23.1 Å². The molecule has 28 heavy (non-hydrogen) atoms. The van der Waals surface area contributed by atoms with Gasteiger partial charge in [0.1, 0.15) is 0 Å². The van der Waals surface area contributed by atoms with E-state index in [0.29, 0.717) is 37.1 Å². The summed E-state index contributed by atoms with van der Waals surface area (Å²) >= 11 is 0. The van der Waals surface area contributed by atoms with E-state index in [4.69, 9.17) is 9.47 Å². The quantitative estimate of drug-likeness (QED) is 0.511. The smallest absolute Gasteiger partial charge is 0.310 e. The number of nitrogens with zero attached hydrogens (tertiary/aromatic N) is 1. The van der Waals surface area contributed by atoms with Crippen molar-refractivity contribution in [1.82, 2.24) is 9.62 Å². The normalized spacial score (nSPS) is 17.4. The summed E-state index contributed by atoms with van der Waals surface area (Å²) in [5.41, 5.74) is 0.998. The molecule has 1 N–H and O–H groups in total. The lowest BCUT2D eigenvalue weighted by Gasteiger charge is -2.32. The van der Waals surface area contributed by atoms with Gasteiger partial charge in [-0.25, -0.2) is 13.1 Å². The van der Waals surface area contributed by atoms with Crippen LogP contribution in [0, 0.1) is 12.8 Å². The van der Waals surface area contributed by atoms with Crippen molar-refractivity contribution in [3.8, 4) is 0 Å². The van der Waals surface area contributed by atoms with E-state index in [9.17, 15) is 18.0 Å². The van der Waals surface area contributed by atoms with Gasteiger partial charge in [-0.2, -0.15) is 0 Å². The molecule has 1 aliphatic rings. The minimum Gasteiger partial charge on any atom is -0.466 e. The minimum atomic E-state index is -3.74. The van der Waals surface area contributed by atoms with Gasteiger partial charge in [-0.05, 0) is 44.4 Å². The number of sulfonamides is 1. The molecule has 1 fully saturated rings. The summed E-state index contributed by atoms with van der Waals surface area (Å²) in [5, 5.41) is 0. The van der Waals surface area contributed by atoms with Crippen molar-refractivity contribution in [2.24, 2.45) is 5.92 Å². The topological polar surface area (TPSA) is 102 Å². The van der Waals surface area contributed by atoms with E-state index >= 15 is 0 Å². The molecule has 1 aromatic carbocycles. The van der Waals surface area contributed by atoms with E-state index in [1.54, 1.807) is 24.8 Å². The molecule has 8 nitrogen and oxygen atoms in total. The van der Waals surface area contributed by atoms with Crippen molar-refractivity contribution >= 4 is 21.9 Å². The Balaban J connectivity index is 2.20. The molecule has 1 aromatic rings. The van der Waals surface area contributed by atoms with Crippen LogP contribution in [0.3, 0.4) is 0 Å². The summed E-state index contributed by atoms with van der Waals surface area (Å²) in [6.45, 7) is 5.01. The Kier molecular flexibility index (Phi) is 7.97. The molecule has 1 unspecified atom stereocenters. The van der Waals surface area contributed by atoms with Crippen LogP contribution in [-0.2, 0) is 24.3 Å². The number of likely N-dealkylation sites (tertiary alicyclic amines) is 1. The molecule has 0 saturated carbocycles. The summed E-state index contributed by atoms with van der Waals surface area (Å²) in [5.74, 6) is -0.920. The van der Waals surface area contributed by atoms with E-state index in [0.717, 1.165) is 0 Å². The standard InChI is InChI=1S/C19H28N2O6S/c1-4-27-19(23)15-6-5-10-21(13-15)18(22)17-12-16(8-7-14(17)2)28(24,25)20-9-11-26-3/h7-8,12,15,20H,4-6,9-11,13H2,1-3H3. The van der Waals surface area contributed by atoms with E-state index in [1.807, 2.05) is 0 Å². The Bertz CT molecular complexity index is 809. The first kappa shape index (κ1) is 22.3. The highest BCUT2D eigenvalue weighted by atomic mass is 32.2. The van der Waals surface area contributed by atoms with E-state index in [1.165, 1.54) is 19.2 Å². The van der Waals surface area contributed by atoms with Crippen molar-refractivity contribution in [3.05, 3.63) is 29.3 Å². The predicted octanol–water partition coefficient (Wildman–Crippen LogP) is 1.34. The molecule has 1 heterocycles. The van der Waals surface area contributed by atoms with Crippen LogP contribution in [0.25, 0.3) is 0 Å². The summed E-state index contributed by atoms with van der Waals surface area (Å²) in [6, 6.07) is 4.48. The van der Waals surface area contributed by atoms with E-state index in [2.05, 4.69) is 4.72 Å². The molecule has 1 aliphatic heterocycles. The fourth-order valence-corrected chi connectivity index (χ4v) is 4.18. The molecule has 9 heteroatoms. The zero-order valence-corrected chi connectivity index (χ0v) is 17.4. The molecule has 0 bridgehead atoms. The number of benzene rings is 1. The number of esters is 1. The van der Waals surface area contributed by atoms with Crippen LogP contribution in [-0.4, -0.2) is 65.2 Å².